The first-order valence-electron chi connectivity index (χ1n) is 6.58. The minimum Gasteiger partial charge on any atom is -0.342 e. The van der Waals surface area contributed by atoms with E-state index in [1.165, 1.54) is 0 Å². The smallest absolute Gasteiger partial charge is 0.107 e. The SMILES string of the molecule is CC(Cc1nc2c(CN)cccc2[nH]1)C(C)(C)C. The van der Waals surface area contributed by atoms with Crippen LogP contribution in [0.15, 0.2) is 18.2 Å². The Morgan fingerprint density at radius 3 is 2.67 bits per heavy atom. The number of nitrogens with two attached hydrogens (primary N) is 1. The average molecular weight is 245 g/mol. The largest absolute Gasteiger partial charge is 0.342 e. The van der Waals surface area contributed by atoms with Gasteiger partial charge in [-0.15, -0.1) is 0 Å². The molecule has 0 saturated carbocycles. The average Bonchev–Trinajstić information content (AvgIpc) is 2.69. The summed E-state index contributed by atoms with van der Waals surface area (Å²) in [4.78, 5) is 8.11. The Kier molecular flexibility index (Phi) is 3.44. The predicted octanol–water partition coefficient (Wildman–Crippen LogP) is 3.25. The monoisotopic (exact) mass is 245 g/mol. The first kappa shape index (κ1) is 13.1. The van der Waals surface area contributed by atoms with Crippen molar-refractivity contribution in [1.29, 1.82) is 0 Å². The van der Waals surface area contributed by atoms with Crippen LogP contribution in [0.5, 0.6) is 0 Å². The van der Waals surface area contributed by atoms with E-state index in [2.05, 4.69) is 38.7 Å². The number of aromatic nitrogens is 2. The van der Waals surface area contributed by atoms with Crippen LogP contribution in [0.4, 0.5) is 0 Å². The summed E-state index contributed by atoms with van der Waals surface area (Å²) in [6.45, 7) is 9.62. The molecule has 1 aromatic heterocycles. The van der Waals surface area contributed by atoms with Crippen LogP contribution in [0.1, 0.15) is 39.1 Å². The molecule has 3 heteroatoms. The van der Waals surface area contributed by atoms with Gasteiger partial charge in [0, 0.05) is 13.0 Å². The summed E-state index contributed by atoms with van der Waals surface area (Å²) in [7, 11) is 0. The third-order valence-electron chi connectivity index (χ3n) is 3.84. The van der Waals surface area contributed by atoms with Crippen molar-refractivity contribution in [3.05, 3.63) is 29.6 Å². The van der Waals surface area contributed by atoms with Gasteiger partial charge in [-0.05, 0) is 23.0 Å². The lowest BCUT2D eigenvalue weighted by Crippen LogP contribution is -2.19. The van der Waals surface area contributed by atoms with Gasteiger partial charge in [0.2, 0.25) is 0 Å². The van der Waals surface area contributed by atoms with Gasteiger partial charge in [0.15, 0.2) is 0 Å². The van der Waals surface area contributed by atoms with Gasteiger partial charge in [0.25, 0.3) is 0 Å². The minimum atomic E-state index is 0.301. The van der Waals surface area contributed by atoms with Crippen LogP contribution in [-0.2, 0) is 13.0 Å². The summed E-state index contributed by atoms with van der Waals surface area (Å²) in [6.07, 6.45) is 0.974. The number of fused-ring (bicyclic) bond motifs is 1. The van der Waals surface area contributed by atoms with E-state index < -0.39 is 0 Å². The van der Waals surface area contributed by atoms with E-state index >= 15 is 0 Å². The Balaban J connectivity index is 2.31. The summed E-state index contributed by atoms with van der Waals surface area (Å²) in [5, 5.41) is 0. The van der Waals surface area contributed by atoms with Crippen molar-refractivity contribution in [1.82, 2.24) is 9.97 Å². The van der Waals surface area contributed by atoms with E-state index in [9.17, 15) is 0 Å². The number of hydrogen-bond donors (Lipinski definition) is 2. The molecule has 0 bridgehead atoms. The van der Waals surface area contributed by atoms with E-state index in [1.807, 2.05) is 12.1 Å². The summed E-state index contributed by atoms with van der Waals surface area (Å²) >= 11 is 0. The van der Waals surface area contributed by atoms with Crippen molar-refractivity contribution in [2.75, 3.05) is 0 Å². The van der Waals surface area contributed by atoms with E-state index in [0.717, 1.165) is 28.8 Å². The first-order valence-corrected chi connectivity index (χ1v) is 6.58. The molecule has 0 aliphatic heterocycles. The number of nitrogens with zero attached hydrogens (tertiary/aromatic N) is 1. The summed E-state index contributed by atoms with van der Waals surface area (Å²) in [5.74, 6) is 1.65. The molecule has 0 aliphatic rings. The molecule has 0 fully saturated rings. The van der Waals surface area contributed by atoms with E-state index in [4.69, 9.17) is 10.7 Å². The zero-order chi connectivity index (χ0) is 13.3. The molecule has 2 rings (SSSR count). The minimum absolute atomic E-state index is 0.301. The molecular weight excluding hydrogens is 222 g/mol. The number of hydrogen-bond acceptors (Lipinski definition) is 2. The molecule has 0 radical (unpaired) electrons. The molecule has 1 aromatic carbocycles. The van der Waals surface area contributed by atoms with Crippen LogP contribution in [0.2, 0.25) is 0 Å². The molecule has 3 N–H and O–H groups in total. The van der Waals surface area contributed by atoms with Crippen molar-refractivity contribution in [2.24, 2.45) is 17.1 Å². The highest BCUT2D eigenvalue weighted by Crippen LogP contribution is 2.28. The fourth-order valence-electron chi connectivity index (χ4n) is 2.00. The Morgan fingerprint density at radius 1 is 1.33 bits per heavy atom. The maximum Gasteiger partial charge on any atom is 0.107 e. The molecule has 1 unspecified atom stereocenters. The number of imidazole rings is 1. The molecule has 18 heavy (non-hydrogen) atoms. The van der Waals surface area contributed by atoms with Gasteiger partial charge in [-0.25, -0.2) is 4.98 Å². The Hall–Kier alpha value is -1.35. The van der Waals surface area contributed by atoms with Gasteiger partial charge >= 0.3 is 0 Å². The molecule has 2 aromatic rings. The van der Waals surface area contributed by atoms with Gasteiger partial charge in [-0.1, -0.05) is 39.8 Å². The van der Waals surface area contributed by atoms with E-state index in [-0.39, 0.29) is 0 Å². The zero-order valence-corrected chi connectivity index (χ0v) is 11.7. The van der Waals surface area contributed by atoms with Gasteiger partial charge in [0.1, 0.15) is 5.82 Å². The standard InChI is InChI=1S/C15H23N3/c1-10(15(2,3)4)8-13-17-12-7-5-6-11(9-16)14(12)18-13/h5-7,10H,8-9,16H2,1-4H3,(H,17,18). The van der Waals surface area contributed by atoms with E-state index in [1.54, 1.807) is 0 Å². The number of nitrogens with one attached hydrogen (secondary N) is 1. The molecule has 1 heterocycles. The van der Waals surface area contributed by atoms with Crippen molar-refractivity contribution < 1.29 is 0 Å². The first-order chi connectivity index (χ1) is 8.41. The highest BCUT2D eigenvalue weighted by Gasteiger charge is 2.21. The van der Waals surface area contributed by atoms with Crippen molar-refractivity contribution in [2.45, 2.75) is 40.7 Å². The van der Waals surface area contributed by atoms with Gasteiger partial charge < -0.3 is 10.7 Å². The van der Waals surface area contributed by atoms with Crippen molar-refractivity contribution >= 4 is 11.0 Å². The van der Waals surface area contributed by atoms with Crippen LogP contribution in [0, 0.1) is 11.3 Å². The highest BCUT2D eigenvalue weighted by molar-refractivity contribution is 5.78. The van der Waals surface area contributed by atoms with E-state index in [0.29, 0.717) is 17.9 Å². The quantitative estimate of drug-likeness (QED) is 0.872. The number of benzene rings is 1. The fraction of sp³-hybridized carbons (Fsp3) is 0.533. The lowest BCUT2D eigenvalue weighted by atomic mass is 9.80. The normalized spacial score (nSPS) is 14.1. The van der Waals surface area contributed by atoms with Crippen LogP contribution >= 0.6 is 0 Å². The maximum absolute atomic E-state index is 5.74. The van der Waals surface area contributed by atoms with Gasteiger partial charge in [0.05, 0.1) is 11.0 Å². The van der Waals surface area contributed by atoms with Crippen molar-refractivity contribution in [3.63, 3.8) is 0 Å². The molecule has 3 nitrogen and oxygen atoms in total. The zero-order valence-electron chi connectivity index (χ0n) is 11.7. The predicted molar refractivity (Wildman–Crippen MR) is 76.3 cm³/mol. The lowest BCUT2D eigenvalue weighted by Gasteiger charge is -2.26. The molecule has 0 spiro atoms. The van der Waals surface area contributed by atoms with Gasteiger partial charge in [-0.2, -0.15) is 0 Å². The number of para-hydroxylation sites is 1. The van der Waals surface area contributed by atoms with Crippen LogP contribution in [0.25, 0.3) is 11.0 Å². The summed E-state index contributed by atoms with van der Waals surface area (Å²) < 4.78 is 0. The molecule has 0 aliphatic carbocycles. The molecule has 1 atom stereocenters. The number of rotatable bonds is 3. The van der Waals surface area contributed by atoms with Crippen LogP contribution in [-0.4, -0.2) is 9.97 Å². The number of aromatic amines is 1. The van der Waals surface area contributed by atoms with Gasteiger partial charge in [-0.3, -0.25) is 0 Å². The summed E-state index contributed by atoms with van der Waals surface area (Å²) in [5.41, 5.74) is 9.27. The van der Waals surface area contributed by atoms with Crippen molar-refractivity contribution in [3.8, 4) is 0 Å². The lowest BCUT2D eigenvalue weighted by molar-refractivity contribution is 0.257. The second-order valence-electron chi connectivity index (χ2n) is 6.17. The Morgan fingerprint density at radius 2 is 2.06 bits per heavy atom. The number of H-pyrrole nitrogens is 1. The third kappa shape index (κ3) is 2.56. The third-order valence-corrected chi connectivity index (χ3v) is 3.84. The Bertz CT molecular complexity index is 534. The Labute approximate surface area is 109 Å². The molecular formula is C15H23N3. The molecule has 98 valence electrons. The second kappa shape index (κ2) is 4.73. The summed E-state index contributed by atoms with van der Waals surface area (Å²) in [6, 6.07) is 6.13. The second-order valence-corrected chi connectivity index (χ2v) is 6.17. The maximum atomic E-state index is 5.74. The molecule has 0 saturated heterocycles. The van der Waals surface area contributed by atoms with Crippen LogP contribution < -0.4 is 5.73 Å². The topological polar surface area (TPSA) is 54.7 Å². The van der Waals surface area contributed by atoms with Crippen LogP contribution in [0.3, 0.4) is 0 Å². The molecule has 0 amide bonds. The highest BCUT2D eigenvalue weighted by atomic mass is 14.9. The fourth-order valence-corrected chi connectivity index (χ4v) is 2.00.